The SMILES string of the molecule is CC(C)N(C(C)C)[C@@H]1O[C@@]2(c3ccccc3)C(=Cc3ccccc3[C@H]2C(=O)c2ccccc2)c2ccccc21. The van der Waals surface area contributed by atoms with Gasteiger partial charge in [0.2, 0.25) is 0 Å². The van der Waals surface area contributed by atoms with Crippen LogP contribution < -0.4 is 0 Å². The van der Waals surface area contributed by atoms with Crippen LogP contribution in [0.25, 0.3) is 11.6 Å². The Balaban J connectivity index is 1.71. The number of nitrogens with zero attached hydrogens (tertiary/aromatic N) is 1. The molecule has 39 heavy (non-hydrogen) atoms. The molecule has 4 aromatic rings. The Morgan fingerprint density at radius 3 is 1.95 bits per heavy atom. The van der Waals surface area contributed by atoms with Gasteiger partial charge in [0.15, 0.2) is 5.78 Å². The molecule has 1 heterocycles. The Morgan fingerprint density at radius 1 is 0.718 bits per heavy atom. The van der Waals surface area contributed by atoms with Crippen LogP contribution in [0.4, 0.5) is 0 Å². The van der Waals surface area contributed by atoms with Crippen LogP contribution >= 0.6 is 0 Å². The van der Waals surface area contributed by atoms with Crippen LogP contribution in [0, 0.1) is 0 Å². The second-order valence-corrected chi connectivity index (χ2v) is 11.1. The first kappa shape index (κ1) is 25.5. The third-order valence-corrected chi connectivity index (χ3v) is 8.21. The third kappa shape index (κ3) is 4.09. The van der Waals surface area contributed by atoms with E-state index in [2.05, 4.69) is 87.2 Å². The summed E-state index contributed by atoms with van der Waals surface area (Å²) in [5.41, 5.74) is 6.06. The molecule has 3 nitrogen and oxygen atoms in total. The van der Waals surface area contributed by atoms with E-state index in [9.17, 15) is 4.79 Å². The van der Waals surface area contributed by atoms with Gasteiger partial charge in [0, 0.05) is 23.2 Å². The van der Waals surface area contributed by atoms with E-state index < -0.39 is 11.5 Å². The lowest BCUT2D eigenvalue weighted by Crippen LogP contribution is -2.52. The number of hydrogen-bond donors (Lipinski definition) is 0. The summed E-state index contributed by atoms with van der Waals surface area (Å²) in [4.78, 5) is 17.2. The summed E-state index contributed by atoms with van der Waals surface area (Å²) in [7, 11) is 0. The number of ether oxygens (including phenoxy) is 1. The first-order chi connectivity index (χ1) is 18.9. The van der Waals surface area contributed by atoms with Crippen LogP contribution in [0.3, 0.4) is 0 Å². The summed E-state index contributed by atoms with van der Waals surface area (Å²) in [6.45, 7) is 8.87. The maximum atomic E-state index is 14.7. The minimum atomic E-state index is -1.01. The van der Waals surface area contributed by atoms with Crippen LogP contribution in [0.2, 0.25) is 0 Å². The molecule has 0 fully saturated rings. The van der Waals surface area contributed by atoms with Crippen molar-refractivity contribution in [1.82, 2.24) is 4.90 Å². The average Bonchev–Trinajstić information content (AvgIpc) is 2.96. The summed E-state index contributed by atoms with van der Waals surface area (Å²) in [5, 5.41) is 0. The van der Waals surface area contributed by atoms with Gasteiger partial charge in [-0.15, -0.1) is 0 Å². The van der Waals surface area contributed by atoms with E-state index >= 15 is 0 Å². The summed E-state index contributed by atoms with van der Waals surface area (Å²) in [6, 6.07) is 37.4. The summed E-state index contributed by atoms with van der Waals surface area (Å²) >= 11 is 0. The van der Waals surface area contributed by atoms with E-state index in [0.717, 1.165) is 33.4 Å². The monoisotopic (exact) mass is 513 g/mol. The summed E-state index contributed by atoms with van der Waals surface area (Å²) in [5.74, 6) is -0.494. The Bertz CT molecular complexity index is 1510. The van der Waals surface area contributed by atoms with Gasteiger partial charge >= 0.3 is 0 Å². The first-order valence-electron chi connectivity index (χ1n) is 13.9. The smallest absolute Gasteiger partial charge is 0.173 e. The topological polar surface area (TPSA) is 29.5 Å². The summed E-state index contributed by atoms with van der Waals surface area (Å²) < 4.78 is 7.52. The highest BCUT2D eigenvalue weighted by molar-refractivity contribution is 6.07. The number of carbonyl (C=O) groups excluding carboxylic acids is 1. The van der Waals surface area contributed by atoms with Gasteiger partial charge in [0.1, 0.15) is 11.8 Å². The molecule has 3 atom stereocenters. The van der Waals surface area contributed by atoms with E-state index in [1.165, 1.54) is 0 Å². The molecule has 1 aliphatic heterocycles. The van der Waals surface area contributed by atoms with Crippen LogP contribution in [-0.2, 0) is 10.3 Å². The van der Waals surface area contributed by atoms with E-state index in [0.29, 0.717) is 5.56 Å². The molecule has 0 spiro atoms. The fourth-order valence-electron chi connectivity index (χ4n) is 6.68. The second kappa shape index (κ2) is 10.1. The molecule has 4 aromatic carbocycles. The molecule has 2 aliphatic rings. The number of hydrogen-bond acceptors (Lipinski definition) is 3. The van der Waals surface area contributed by atoms with Crippen molar-refractivity contribution in [3.63, 3.8) is 0 Å². The van der Waals surface area contributed by atoms with Crippen LogP contribution in [0.15, 0.2) is 109 Å². The molecular weight excluding hydrogens is 478 g/mol. The van der Waals surface area contributed by atoms with Gasteiger partial charge < -0.3 is 4.74 Å². The Morgan fingerprint density at radius 2 is 1.28 bits per heavy atom. The highest BCUT2D eigenvalue weighted by Crippen LogP contribution is 2.60. The van der Waals surface area contributed by atoms with Gasteiger partial charge in [-0.05, 0) is 61.6 Å². The van der Waals surface area contributed by atoms with E-state index in [1.54, 1.807) is 0 Å². The molecule has 0 unspecified atom stereocenters. The van der Waals surface area contributed by atoms with Crippen molar-refractivity contribution in [1.29, 1.82) is 0 Å². The molecule has 0 saturated heterocycles. The molecular formula is C36H35NO2. The van der Waals surface area contributed by atoms with Gasteiger partial charge in [-0.1, -0.05) is 109 Å². The Labute approximate surface area is 231 Å². The molecule has 0 amide bonds. The number of rotatable bonds is 6. The number of ketones is 1. The van der Waals surface area contributed by atoms with E-state index in [4.69, 9.17) is 4.74 Å². The standard InChI is InChI=1S/C36H35NO2/c1-24(2)37(25(3)4)35-31-22-14-13-21-30(31)32-23-27-17-11-12-20-29(27)33(34(38)26-15-7-5-8-16-26)36(32,39-35)28-18-9-6-10-19-28/h5-25,33,35H,1-4H3/t33-,35+,36-/m0/s1. The maximum absolute atomic E-state index is 14.7. The van der Waals surface area contributed by atoms with Crippen LogP contribution in [-0.4, -0.2) is 22.8 Å². The van der Waals surface area contributed by atoms with Crippen molar-refractivity contribution in [2.24, 2.45) is 0 Å². The quantitative estimate of drug-likeness (QED) is 0.243. The first-order valence-corrected chi connectivity index (χ1v) is 13.9. The highest BCUT2D eigenvalue weighted by atomic mass is 16.5. The maximum Gasteiger partial charge on any atom is 0.173 e. The van der Waals surface area contributed by atoms with Crippen LogP contribution in [0.5, 0.6) is 0 Å². The fraction of sp³-hybridized carbons (Fsp3) is 0.250. The Hall–Kier alpha value is -3.79. The average molecular weight is 514 g/mol. The number of Topliss-reactive ketones (excluding diaryl/α,β-unsaturated/α-hetero) is 1. The lowest BCUT2D eigenvalue weighted by atomic mass is 9.62. The third-order valence-electron chi connectivity index (χ3n) is 8.21. The zero-order valence-corrected chi connectivity index (χ0v) is 23.0. The lowest BCUT2D eigenvalue weighted by molar-refractivity contribution is -0.166. The highest BCUT2D eigenvalue weighted by Gasteiger charge is 2.57. The van der Waals surface area contributed by atoms with E-state index in [1.807, 2.05) is 60.7 Å². The zero-order chi connectivity index (χ0) is 27.1. The number of carbonyl (C=O) groups is 1. The molecule has 0 radical (unpaired) electrons. The molecule has 0 bridgehead atoms. The van der Waals surface area contributed by atoms with Gasteiger partial charge in [0.25, 0.3) is 0 Å². The molecule has 196 valence electrons. The van der Waals surface area contributed by atoms with Gasteiger partial charge in [-0.2, -0.15) is 0 Å². The largest absolute Gasteiger partial charge is 0.342 e. The van der Waals surface area contributed by atoms with E-state index in [-0.39, 0.29) is 24.1 Å². The normalized spacial score (nSPS) is 21.8. The van der Waals surface area contributed by atoms with Crippen LogP contribution in [0.1, 0.15) is 78.0 Å². The minimum absolute atomic E-state index is 0.0660. The summed E-state index contributed by atoms with van der Waals surface area (Å²) in [6.07, 6.45) is 1.93. The fourth-order valence-corrected chi connectivity index (χ4v) is 6.68. The second-order valence-electron chi connectivity index (χ2n) is 11.1. The molecule has 1 aliphatic carbocycles. The van der Waals surface area contributed by atoms with Crippen molar-refractivity contribution in [3.05, 3.63) is 143 Å². The van der Waals surface area contributed by atoms with Crippen molar-refractivity contribution >= 4 is 17.4 Å². The molecule has 3 heteroatoms. The van der Waals surface area contributed by atoms with Gasteiger partial charge in [-0.25, -0.2) is 0 Å². The van der Waals surface area contributed by atoms with Crippen molar-refractivity contribution in [2.45, 2.75) is 57.5 Å². The van der Waals surface area contributed by atoms with Crippen molar-refractivity contribution in [2.75, 3.05) is 0 Å². The number of benzene rings is 4. The van der Waals surface area contributed by atoms with Gasteiger partial charge in [-0.3, -0.25) is 9.69 Å². The van der Waals surface area contributed by atoms with Crippen molar-refractivity contribution in [3.8, 4) is 0 Å². The predicted octanol–water partition coefficient (Wildman–Crippen LogP) is 8.25. The molecule has 0 N–H and O–H groups in total. The molecule has 6 rings (SSSR count). The predicted molar refractivity (Wildman–Crippen MR) is 158 cm³/mol. The van der Waals surface area contributed by atoms with Crippen molar-refractivity contribution < 1.29 is 9.53 Å². The molecule has 0 aromatic heterocycles. The lowest BCUT2D eigenvalue weighted by Gasteiger charge is -2.53. The van der Waals surface area contributed by atoms with Gasteiger partial charge in [0.05, 0.1) is 5.92 Å². The zero-order valence-electron chi connectivity index (χ0n) is 23.0. The Kier molecular flexibility index (Phi) is 6.58. The minimum Gasteiger partial charge on any atom is -0.342 e. The number of fused-ring (bicyclic) bond motifs is 4. The molecule has 0 saturated carbocycles.